The summed E-state index contributed by atoms with van der Waals surface area (Å²) in [5.41, 5.74) is 5.72. The summed E-state index contributed by atoms with van der Waals surface area (Å²) in [7, 11) is 1.40. The smallest absolute Gasteiger partial charge is 0.318 e. The van der Waals surface area contributed by atoms with Crippen LogP contribution in [-0.2, 0) is 9.53 Å². The number of halogens is 2. The van der Waals surface area contributed by atoms with Gasteiger partial charge >= 0.3 is 6.01 Å². The molecular weight excluding hydrogens is 546 g/mol. The van der Waals surface area contributed by atoms with Crippen molar-refractivity contribution in [2.75, 3.05) is 76.8 Å². The van der Waals surface area contributed by atoms with Gasteiger partial charge in [-0.2, -0.15) is 9.97 Å². The summed E-state index contributed by atoms with van der Waals surface area (Å²) >= 11 is 0. The molecule has 3 aromatic heterocycles. The number of amides is 1. The van der Waals surface area contributed by atoms with Crippen molar-refractivity contribution in [3.63, 3.8) is 0 Å². The lowest BCUT2D eigenvalue weighted by Crippen LogP contribution is -2.48. The number of morpholine rings is 1. The lowest BCUT2D eigenvalue weighted by Gasteiger charge is -2.35. The van der Waals surface area contributed by atoms with Gasteiger partial charge in [0, 0.05) is 63.5 Å². The lowest BCUT2D eigenvalue weighted by atomic mass is 10.1. The highest BCUT2D eigenvalue weighted by Crippen LogP contribution is 2.35. The molecule has 0 radical (unpaired) electrons. The molecule has 13 heteroatoms. The Morgan fingerprint density at radius 2 is 1.86 bits per heavy atom. The van der Waals surface area contributed by atoms with Crippen molar-refractivity contribution in [2.45, 2.75) is 0 Å². The first-order chi connectivity index (χ1) is 20.4. The highest BCUT2D eigenvalue weighted by molar-refractivity contribution is 5.99. The van der Waals surface area contributed by atoms with E-state index in [2.05, 4.69) is 24.8 Å². The van der Waals surface area contributed by atoms with E-state index in [-0.39, 0.29) is 40.0 Å². The van der Waals surface area contributed by atoms with Crippen LogP contribution in [0.2, 0.25) is 0 Å². The van der Waals surface area contributed by atoms with Crippen molar-refractivity contribution in [3.8, 4) is 17.4 Å². The number of anilines is 2. The van der Waals surface area contributed by atoms with Crippen LogP contribution in [-0.4, -0.2) is 102 Å². The molecule has 11 nitrogen and oxygen atoms in total. The minimum atomic E-state index is -0.795. The van der Waals surface area contributed by atoms with Crippen molar-refractivity contribution in [2.24, 2.45) is 0 Å². The highest BCUT2D eigenvalue weighted by atomic mass is 19.1. The number of ether oxygens (including phenoxy) is 2. The number of nitrogen functional groups attached to an aromatic ring is 1. The number of pyridine rings is 2. The van der Waals surface area contributed by atoms with Crippen LogP contribution < -0.4 is 15.4 Å². The van der Waals surface area contributed by atoms with E-state index in [1.54, 1.807) is 23.1 Å². The number of aromatic nitrogens is 4. The van der Waals surface area contributed by atoms with Crippen molar-refractivity contribution in [3.05, 3.63) is 54.2 Å². The highest BCUT2D eigenvalue weighted by Gasteiger charge is 2.26. The van der Waals surface area contributed by atoms with Crippen LogP contribution >= 0.6 is 0 Å². The number of nitrogens with zero attached hydrogens (tertiary/aromatic N) is 7. The van der Waals surface area contributed by atoms with E-state index < -0.39 is 11.6 Å². The Labute approximate surface area is 240 Å². The molecule has 0 unspecified atom stereocenters. The Hall–Kier alpha value is -4.49. The number of rotatable bonds is 6. The molecule has 0 atom stereocenters. The molecule has 2 saturated heterocycles. The van der Waals surface area contributed by atoms with Gasteiger partial charge < -0.3 is 25.0 Å². The molecule has 2 fully saturated rings. The molecule has 2 N–H and O–H groups in total. The van der Waals surface area contributed by atoms with Gasteiger partial charge in [-0.1, -0.05) is 18.2 Å². The summed E-state index contributed by atoms with van der Waals surface area (Å²) in [6, 6.07) is 5.98. The molecule has 6 rings (SSSR count). The van der Waals surface area contributed by atoms with Crippen LogP contribution in [0, 0.1) is 11.6 Å². The van der Waals surface area contributed by atoms with Gasteiger partial charge in [-0.25, -0.2) is 13.8 Å². The second kappa shape index (κ2) is 11.8. The van der Waals surface area contributed by atoms with E-state index in [4.69, 9.17) is 15.2 Å². The van der Waals surface area contributed by atoms with Crippen molar-refractivity contribution in [1.29, 1.82) is 0 Å². The molecule has 0 saturated carbocycles. The number of piperazine rings is 1. The molecule has 218 valence electrons. The standard InChI is InChI=1S/C29H30F2N8O3/c1-41-29-35-25-19(17-33-27(24(25)31)26-23-18(16-21(32)34-26)4-2-5-20(23)30)28(36-29)39-10-8-38(9-11-39)22(40)6-3-7-37-12-14-42-15-13-37/h2-6,16-17H,7-15H2,1H3,(H2,32,34)/b6-3+. The first-order valence-corrected chi connectivity index (χ1v) is 13.7. The molecule has 2 aliphatic rings. The van der Waals surface area contributed by atoms with E-state index in [0.29, 0.717) is 62.5 Å². The fourth-order valence-electron chi connectivity index (χ4n) is 5.31. The minimum absolute atomic E-state index is 0.0181. The van der Waals surface area contributed by atoms with Crippen molar-refractivity contribution in [1.82, 2.24) is 29.7 Å². The number of hydrogen-bond acceptors (Lipinski definition) is 10. The van der Waals surface area contributed by atoms with Gasteiger partial charge in [-0.3, -0.25) is 14.7 Å². The van der Waals surface area contributed by atoms with Gasteiger partial charge in [0.1, 0.15) is 34.4 Å². The Morgan fingerprint density at radius 3 is 2.62 bits per heavy atom. The first kappa shape index (κ1) is 27.7. The molecular formula is C29H30F2N8O3. The minimum Gasteiger partial charge on any atom is -0.467 e. The topological polar surface area (TPSA) is 123 Å². The zero-order chi connectivity index (χ0) is 29.2. The fourth-order valence-corrected chi connectivity index (χ4v) is 5.31. The first-order valence-electron chi connectivity index (χ1n) is 13.7. The summed E-state index contributed by atoms with van der Waals surface area (Å²) < 4.78 is 41.6. The number of nitrogens with two attached hydrogens (primary N) is 1. The quantitative estimate of drug-likeness (QED) is 0.343. The SMILES string of the molecule is COc1nc(N2CCN(C(=O)/C=C/CN3CCOCC3)CC2)c2cnc(-c3nc(N)cc4cccc(F)c34)c(F)c2n1. The summed E-state index contributed by atoms with van der Waals surface area (Å²) in [4.78, 5) is 36.1. The zero-order valence-corrected chi connectivity index (χ0v) is 23.1. The molecule has 1 amide bonds. The zero-order valence-electron chi connectivity index (χ0n) is 23.1. The monoisotopic (exact) mass is 576 g/mol. The van der Waals surface area contributed by atoms with Gasteiger partial charge in [0.15, 0.2) is 5.82 Å². The molecule has 0 bridgehead atoms. The maximum Gasteiger partial charge on any atom is 0.318 e. The van der Waals surface area contributed by atoms with Gasteiger partial charge in [-0.15, -0.1) is 0 Å². The van der Waals surface area contributed by atoms with Gasteiger partial charge in [-0.05, 0) is 17.5 Å². The third-order valence-corrected chi connectivity index (χ3v) is 7.50. The normalized spacial score (nSPS) is 16.5. The number of carbonyl (C=O) groups is 1. The number of hydrogen-bond donors (Lipinski definition) is 1. The molecule has 5 heterocycles. The average molecular weight is 577 g/mol. The van der Waals surface area contributed by atoms with Gasteiger partial charge in [0.2, 0.25) is 5.91 Å². The summed E-state index contributed by atoms with van der Waals surface area (Å²) in [6.07, 6.45) is 4.96. The summed E-state index contributed by atoms with van der Waals surface area (Å²) in [5.74, 6) is -0.883. The van der Waals surface area contributed by atoms with Crippen LogP contribution in [0.3, 0.4) is 0 Å². The number of methoxy groups -OCH3 is 1. The van der Waals surface area contributed by atoms with Crippen LogP contribution in [0.5, 0.6) is 6.01 Å². The van der Waals surface area contributed by atoms with Crippen molar-refractivity contribution >= 4 is 39.2 Å². The van der Waals surface area contributed by atoms with E-state index in [9.17, 15) is 9.18 Å². The van der Waals surface area contributed by atoms with Crippen LogP contribution in [0.1, 0.15) is 0 Å². The third-order valence-electron chi connectivity index (χ3n) is 7.50. The predicted molar refractivity (Wildman–Crippen MR) is 154 cm³/mol. The maximum atomic E-state index is 16.1. The number of carbonyl (C=O) groups excluding carboxylic acids is 1. The van der Waals surface area contributed by atoms with E-state index in [0.717, 1.165) is 13.1 Å². The fraction of sp³-hybridized carbons (Fsp3) is 0.345. The van der Waals surface area contributed by atoms with E-state index >= 15 is 4.39 Å². The Kier molecular flexibility index (Phi) is 7.76. The molecule has 4 aromatic rings. The van der Waals surface area contributed by atoms with E-state index in [1.807, 2.05) is 11.0 Å². The third kappa shape index (κ3) is 5.40. The predicted octanol–water partition coefficient (Wildman–Crippen LogP) is 2.65. The van der Waals surface area contributed by atoms with Crippen molar-refractivity contribution < 1.29 is 23.0 Å². The Balaban J connectivity index is 1.26. The molecule has 0 spiro atoms. The van der Waals surface area contributed by atoms with Crippen LogP contribution in [0.15, 0.2) is 42.6 Å². The summed E-state index contributed by atoms with van der Waals surface area (Å²) in [5, 5.41) is 0.942. The molecule has 42 heavy (non-hydrogen) atoms. The second-order valence-electron chi connectivity index (χ2n) is 10.1. The van der Waals surface area contributed by atoms with Crippen LogP contribution in [0.25, 0.3) is 33.1 Å². The average Bonchev–Trinajstić information content (AvgIpc) is 3.01. The number of benzene rings is 1. The Bertz CT molecular complexity index is 1670. The van der Waals surface area contributed by atoms with Gasteiger partial charge in [0.25, 0.3) is 0 Å². The summed E-state index contributed by atoms with van der Waals surface area (Å²) in [6.45, 7) is 5.68. The largest absolute Gasteiger partial charge is 0.467 e. The number of fused-ring (bicyclic) bond motifs is 2. The molecule has 2 aliphatic heterocycles. The lowest BCUT2D eigenvalue weighted by molar-refractivity contribution is -0.126. The second-order valence-corrected chi connectivity index (χ2v) is 10.1. The van der Waals surface area contributed by atoms with Gasteiger partial charge in [0.05, 0.1) is 25.7 Å². The maximum absolute atomic E-state index is 16.1. The molecule has 1 aromatic carbocycles. The molecule has 0 aliphatic carbocycles. The van der Waals surface area contributed by atoms with E-state index in [1.165, 1.54) is 25.4 Å². The Morgan fingerprint density at radius 1 is 1.07 bits per heavy atom. The van der Waals surface area contributed by atoms with Crippen LogP contribution in [0.4, 0.5) is 20.4 Å².